The molecule has 1 aromatic heterocycles. The first-order chi connectivity index (χ1) is 28.3. The predicted octanol–water partition coefficient (Wildman–Crippen LogP) is 3.10. The third kappa shape index (κ3) is 16.2. The average Bonchev–Trinajstić information content (AvgIpc) is 3.70. The summed E-state index contributed by atoms with van der Waals surface area (Å²) < 4.78 is 7.18. The quantitative estimate of drug-likeness (QED) is 0.0959. The van der Waals surface area contributed by atoms with E-state index < -0.39 is 41.9 Å². The average molecular weight is 816 g/mol. The van der Waals surface area contributed by atoms with Crippen LogP contribution in [0.25, 0.3) is 0 Å². The molecule has 15 nitrogen and oxygen atoms in total. The number of amides is 5. The van der Waals surface area contributed by atoms with Gasteiger partial charge in [0, 0.05) is 19.5 Å². The van der Waals surface area contributed by atoms with Gasteiger partial charge in [0.1, 0.15) is 29.9 Å². The molecule has 5 atom stereocenters. The van der Waals surface area contributed by atoms with Gasteiger partial charge in [-0.05, 0) is 62.0 Å². The number of hydrogen-bond donors (Lipinski definition) is 5. The van der Waals surface area contributed by atoms with Crippen LogP contribution in [0.3, 0.4) is 0 Å². The number of carbonyl (C=O) groups is 5. The summed E-state index contributed by atoms with van der Waals surface area (Å²) in [5.41, 5.74) is 2.41. The Balaban J connectivity index is 1.50. The third-order valence-corrected chi connectivity index (χ3v) is 10.3. The van der Waals surface area contributed by atoms with Gasteiger partial charge in [0.25, 0.3) is 0 Å². The van der Waals surface area contributed by atoms with Crippen molar-refractivity contribution in [1.29, 1.82) is 0 Å². The Morgan fingerprint density at radius 1 is 0.695 bits per heavy atom. The molecule has 0 spiro atoms. The van der Waals surface area contributed by atoms with Gasteiger partial charge >= 0.3 is 0 Å². The molecule has 0 bridgehead atoms. The normalized spacial score (nSPS) is 15.7. The number of aromatic nitrogens is 3. The molecule has 2 heterocycles. The Bertz CT molecular complexity index is 1760. The molecule has 0 saturated carbocycles. The largest absolute Gasteiger partial charge is 0.379 e. The molecular weight excluding hydrogens is 751 g/mol. The predicted molar refractivity (Wildman–Crippen MR) is 226 cm³/mol. The van der Waals surface area contributed by atoms with Crippen molar-refractivity contribution in [3.8, 4) is 0 Å². The summed E-state index contributed by atoms with van der Waals surface area (Å²) in [6.07, 6.45) is 4.31. The molecule has 4 rings (SSSR count). The zero-order valence-electron chi connectivity index (χ0n) is 35.6. The molecule has 3 aromatic rings. The number of nitrogens with one attached hydrogen (secondary N) is 5. The van der Waals surface area contributed by atoms with Gasteiger partial charge < -0.3 is 31.3 Å². The van der Waals surface area contributed by atoms with Crippen molar-refractivity contribution in [3.63, 3.8) is 0 Å². The van der Waals surface area contributed by atoms with E-state index in [-0.39, 0.29) is 55.6 Å². The SMILES string of the molecule is CCC(C)n1cc(CNC(=O)[C@H](CC(C)C)NC(=O)[C@H](Cc2ccccc2)NC(=O)[C@H](CC(C)C)NC(=O)[C@H](CCc2ccccc2)NC(=O)CN2CCOCC2)nn1. The third-order valence-electron chi connectivity index (χ3n) is 10.3. The van der Waals surface area contributed by atoms with Gasteiger partial charge in [-0.15, -0.1) is 5.10 Å². The van der Waals surface area contributed by atoms with Crippen LogP contribution in [-0.2, 0) is 48.1 Å². The smallest absolute Gasteiger partial charge is 0.243 e. The highest BCUT2D eigenvalue weighted by Crippen LogP contribution is 2.13. The maximum Gasteiger partial charge on any atom is 0.243 e. The highest BCUT2D eigenvalue weighted by atomic mass is 16.5. The Kier molecular flexibility index (Phi) is 19.0. The standard InChI is InChI=1S/C44H65N9O6/c1-7-32(6)53-28-35(50-51-53)27-45-41(55)37(24-30(2)3)47-44(58)39(26-34-16-12-9-13-17-34)49-43(57)38(25-31(4)5)48-42(56)36(19-18-33-14-10-8-11-15-33)46-40(54)29-52-20-22-59-23-21-52/h8-17,28,30-32,36-39H,7,18-27,29H2,1-6H3,(H,45,55)(H,46,54)(H,47,58)(H,48,56)(H,49,57)/t32?,36-,37-,38-,39-/m0/s1. The summed E-state index contributed by atoms with van der Waals surface area (Å²) in [4.78, 5) is 71.3. The summed E-state index contributed by atoms with van der Waals surface area (Å²) in [6.45, 7) is 14.5. The van der Waals surface area contributed by atoms with Crippen LogP contribution in [0.2, 0.25) is 0 Å². The molecule has 1 fully saturated rings. The lowest BCUT2D eigenvalue weighted by molar-refractivity contribution is -0.135. The van der Waals surface area contributed by atoms with Crippen LogP contribution < -0.4 is 26.6 Å². The number of nitrogens with zero attached hydrogens (tertiary/aromatic N) is 4. The molecular formula is C44H65N9O6. The molecule has 5 N–H and O–H groups in total. The number of carbonyl (C=O) groups excluding carboxylic acids is 5. The van der Waals surface area contributed by atoms with E-state index in [0.29, 0.717) is 51.3 Å². The van der Waals surface area contributed by atoms with E-state index in [1.54, 1.807) is 10.9 Å². The maximum atomic E-state index is 14.2. The van der Waals surface area contributed by atoms with Crippen molar-refractivity contribution in [3.05, 3.63) is 83.7 Å². The Hall–Kier alpha value is -5.15. The van der Waals surface area contributed by atoms with Crippen LogP contribution in [0.5, 0.6) is 0 Å². The minimum absolute atomic E-state index is 0.00275. The fourth-order valence-corrected chi connectivity index (χ4v) is 6.81. The molecule has 1 saturated heterocycles. The van der Waals surface area contributed by atoms with Crippen molar-refractivity contribution in [2.75, 3.05) is 32.8 Å². The summed E-state index contributed by atoms with van der Waals surface area (Å²) >= 11 is 0. The van der Waals surface area contributed by atoms with Gasteiger partial charge in [-0.2, -0.15) is 0 Å². The second-order valence-electron chi connectivity index (χ2n) is 16.3. The van der Waals surface area contributed by atoms with Crippen molar-refractivity contribution in [2.45, 2.75) is 117 Å². The van der Waals surface area contributed by atoms with Crippen LogP contribution in [0.4, 0.5) is 0 Å². The Labute approximate surface area is 349 Å². The zero-order chi connectivity index (χ0) is 42.7. The molecule has 322 valence electrons. The number of ether oxygens (including phenoxy) is 1. The second kappa shape index (κ2) is 24.1. The number of morpholine rings is 1. The van der Waals surface area contributed by atoms with Crippen LogP contribution in [0.1, 0.15) is 90.1 Å². The molecule has 0 radical (unpaired) electrons. The summed E-state index contributed by atoms with van der Waals surface area (Å²) in [5, 5.41) is 22.9. The number of benzene rings is 2. The Morgan fingerprint density at radius 2 is 1.24 bits per heavy atom. The lowest BCUT2D eigenvalue weighted by Crippen LogP contribution is -2.59. The molecule has 15 heteroatoms. The van der Waals surface area contributed by atoms with E-state index in [0.717, 1.165) is 17.5 Å². The van der Waals surface area contributed by atoms with Crippen LogP contribution >= 0.6 is 0 Å². The van der Waals surface area contributed by atoms with Crippen molar-refractivity contribution >= 4 is 29.5 Å². The molecule has 0 aliphatic carbocycles. The van der Waals surface area contributed by atoms with Gasteiger partial charge in [0.2, 0.25) is 29.5 Å². The van der Waals surface area contributed by atoms with E-state index in [1.807, 2.05) is 100 Å². The molecule has 1 aliphatic heterocycles. The zero-order valence-corrected chi connectivity index (χ0v) is 35.6. The maximum absolute atomic E-state index is 14.2. The van der Waals surface area contributed by atoms with Crippen LogP contribution in [0.15, 0.2) is 66.9 Å². The van der Waals surface area contributed by atoms with E-state index in [4.69, 9.17) is 4.74 Å². The molecule has 1 aliphatic rings. The monoisotopic (exact) mass is 816 g/mol. The van der Waals surface area contributed by atoms with E-state index >= 15 is 0 Å². The lowest BCUT2D eigenvalue weighted by Gasteiger charge is -2.29. The van der Waals surface area contributed by atoms with Gasteiger partial charge in [-0.25, -0.2) is 4.68 Å². The summed E-state index contributed by atoms with van der Waals surface area (Å²) in [5.74, 6) is -2.17. The molecule has 5 amide bonds. The van der Waals surface area contributed by atoms with E-state index in [9.17, 15) is 24.0 Å². The molecule has 1 unspecified atom stereocenters. The van der Waals surface area contributed by atoms with Crippen molar-refractivity contribution in [1.82, 2.24) is 46.5 Å². The van der Waals surface area contributed by atoms with Crippen LogP contribution in [-0.4, -0.2) is 106 Å². The van der Waals surface area contributed by atoms with Crippen molar-refractivity contribution in [2.24, 2.45) is 11.8 Å². The lowest BCUT2D eigenvalue weighted by atomic mass is 9.99. The first-order valence-corrected chi connectivity index (χ1v) is 21.1. The fourth-order valence-electron chi connectivity index (χ4n) is 6.81. The molecule has 59 heavy (non-hydrogen) atoms. The number of hydrogen-bond acceptors (Lipinski definition) is 9. The van der Waals surface area contributed by atoms with Crippen LogP contribution in [0, 0.1) is 11.8 Å². The van der Waals surface area contributed by atoms with Crippen molar-refractivity contribution < 1.29 is 28.7 Å². The summed E-state index contributed by atoms with van der Waals surface area (Å²) in [7, 11) is 0. The minimum Gasteiger partial charge on any atom is -0.379 e. The topological polar surface area (TPSA) is 189 Å². The minimum atomic E-state index is -1.07. The van der Waals surface area contributed by atoms with E-state index in [2.05, 4.69) is 43.8 Å². The first-order valence-electron chi connectivity index (χ1n) is 21.1. The van der Waals surface area contributed by atoms with Gasteiger partial charge in [0.15, 0.2) is 0 Å². The first kappa shape index (κ1) is 46.5. The fraction of sp³-hybridized carbons (Fsp3) is 0.568. The molecule has 2 aromatic carbocycles. The van der Waals surface area contributed by atoms with E-state index in [1.165, 1.54) is 0 Å². The second-order valence-corrected chi connectivity index (χ2v) is 16.3. The van der Waals surface area contributed by atoms with Gasteiger partial charge in [-0.3, -0.25) is 28.9 Å². The van der Waals surface area contributed by atoms with Gasteiger partial charge in [-0.1, -0.05) is 100 Å². The highest BCUT2D eigenvalue weighted by molar-refractivity contribution is 5.95. The summed E-state index contributed by atoms with van der Waals surface area (Å²) in [6, 6.07) is 15.3. The number of rotatable bonds is 23. The number of aryl methyl sites for hydroxylation is 1. The Morgan fingerprint density at radius 3 is 1.83 bits per heavy atom. The van der Waals surface area contributed by atoms with Gasteiger partial charge in [0.05, 0.1) is 38.5 Å². The highest BCUT2D eigenvalue weighted by Gasteiger charge is 2.32.